The number of anilines is 2. The van der Waals surface area contributed by atoms with Gasteiger partial charge in [0.2, 0.25) is 5.95 Å². The van der Waals surface area contributed by atoms with Gasteiger partial charge < -0.3 is 10.1 Å². The maximum atomic E-state index is 5.93. The van der Waals surface area contributed by atoms with E-state index in [2.05, 4.69) is 20.3 Å². The lowest BCUT2D eigenvalue weighted by Gasteiger charge is -2.08. The topological polar surface area (TPSA) is 59.9 Å². The maximum Gasteiger partial charge on any atom is 0.321 e. The molecule has 0 unspecified atom stereocenters. The number of halogens is 2. The molecule has 0 atom stereocenters. The average molecular weight is 317 g/mol. The lowest BCUT2D eigenvalue weighted by molar-refractivity contribution is 0.374. The van der Waals surface area contributed by atoms with Gasteiger partial charge in [-0.25, -0.2) is 0 Å². The minimum absolute atomic E-state index is 0.245. The summed E-state index contributed by atoms with van der Waals surface area (Å²) < 4.78 is 5.01. The summed E-state index contributed by atoms with van der Waals surface area (Å²) in [6.07, 6.45) is 1.87. The number of nitrogens with one attached hydrogen (secondary N) is 1. The summed E-state index contributed by atoms with van der Waals surface area (Å²) >= 11 is 13.2. The molecule has 0 bridgehead atoms. The quantitative estimate of drug-likeness (QED) is 0.869. The predicted molar refractivity (Wildman–Crippen MR) is 77.9 cm³/mol. The van der Waals surface area contributed by atoms with Crippen molar-refractivity contribution in [2.45, 2.75) is 5.16 Å². The highest BCUT2D eigenvalue weighted by Gasteiger charge is 2.07. The van der Waals surface area contributed by atoms with Crippen molar-refractivity contribution in [3.63, 3.8) is 0 Å². The van der Waals surface area contributed by atoms with Crippen molar-refractivity contribution in [1.82, 2.24) is 15.0 Å². The normalized spacial score (nSPS) is 10.3. The molecule has 0 aliphatic carbocycles. The fourth-order valence-electron chi connectivity index (χ4n) is 1.33. The molecule has 1 heterocycles. The molecule has 0 radical (unpaired) electrons. The first-order valence-electron chi connectivity index (χ1n) is 5.18. The summed E-state index contributed by atoms with van der Waals surface area (Å²) in [6.45, 7) is 0. The molecule has 1 N–H and O–H groups in total. The van der Waals surface area contributed by atoms with Gasteiger partial charge in [-0.2, -0.15) is 15.0 Å². The van der Waals surface area contributed by atoms with E-state index in [-0.39, 0.29) is 6.01 Å². The molecule has 0 spiro atoms. The maximum absolute atomic E-state index is 5.93. The van der Waals surface area contributed by atoms with Crippen LogP contribution in [0.25, 0.3) is 0 Å². The van der Waals surface area contributed by atoms with Gasteiger partial charge in [0.15, 0.2) is 5.16 Å². The number of benzene rings is 1. The number of nitrogens with zero attached hydrogens (tertiary/aromatic N) is 3. The molecule has 8 heteroatoms. The lowest BCUT2D eigenvalue weighted by Crippen LogP contribution is -2.02. The summed E-state index contributed by atoms with van der Waals surface area (Å²) in [7, 11) is 1.50. The van der Waals surface area contributed by atoms with Crippen LogP contribution in [0.15, 0.2) is 23.4 Å². The number of ether oxygens (including phenoxy) is 1. The van der Waals surface area contributed by atoms with Crippen LogP contribution in [0.4, 0.5) is 11.6 Å². The van der Waals surface area contributed by atoms with Crippen LogP contribution in [0.3, 0.4) is 0 Å². The zero-order valence-electron chi connectivity index (χ0n) is 10.1. The Morgan fingerprint density at radius 3 is 2.37 bits per heavy atom. The van der Waals surface area contributed by atoms with E-state index in [1.165, 1.54) is 18.9 Å². The van der Waals surface area contributed by atoms with E-state index >= 15 is 0 Å². The SMILES string of the molecule is COc1nc(Nc2cc(Cl)cc(Cl)c2)nc(SC)n1. The highest BCUT2D eigenvalue weighted by molar-refractivity contribution is 7.98. The lowest BCUT2D eigenvalue weighted by atomic mass is 10.3. The minimum Gasteiger partial charge on any atom is -0.467 e. The summed E-state index contributed by atoms with van der Waals surface area (Å²) in [6, 6.07) is 5.34. The second-order valence-corrected chi connectivity index (χ2v) is 5.06. The predicted octanol–water partition coefficient (Wildman–Crippen LogP) is 3.65. The standard InChI is InChI=1S/C11H10Cl2N4OS/c1-18-10-15-9(16-11(17-10)19-2)14-8-4-6(12)3-7(13)5-8/h3-5H,1-2H3,(H,14,15,16,17). The molecule has 1 aromatic carbocycles. The molecular formula is C11H10Cl2N4OS. The first kappa shape index (κ1) is 14.2. The molecule has 5 nitrogen and oxygen atoms in total. The van der Waals surface area contributed by atoms with E-state index in [0.29, 0.717) is 26.8 Å². The molecular weight excluding hydrogens is 307 g/mol. The number of rotatable bonds is 4. The Kier molecular flexibility index (Phi) is 4.68. The van der Waals surface area contributed by atoms with Crippen LogP contribution >= 0.6 is 35.0 Å². The smallest absolute Gasteiger partial charge is 0.321 e. The molecule has 100 valence electrons. The van der Waals surface area contributed by atoms with E-state index in [1.807, 2.05) is 6.26 Å². The molecule has 2 rings (SSSR count). The fraction of sp³-hybridized carbons (Fsp3) is 0.182. The van der Waals surface area contributed by atoms with E-state index < -0.39 is 0 Å². The zero-order valence-corrected chi connectivity index (χ0v) is 12.5. The Labute approximate surface area is 124 Å². The highest BCUT2D eigenvalue weighted by Crippen LogP contribution is 2.25. The van der Waals surface area contributed by atoms with E-state index in [4.69, 9.17) is 27.9 Å². The molecule has 1 aromatic heterocycles. The van der Waals surface area contributed by atoms with E-state index in [9.17, 15) is 0 Å². The van der Waals surface area contributed by atoms with Gasteiger partial charge in [-0.05, 0) is 24.5 Å². The van der Waals surface area contributed by atoms with Gasteiger partial charge in [-0.15, -0.1) is 0 Å². The minimum atomic E-state index is 0.245. The van der Waals surface area contributed by atoms with Crippen molar-refractivity contribution in [2.75, 3.05) is 18.7 Å². The first-order chi connectivity index (χ1) is 9.10. The molecule has 19 heavy (non-hydrogen) atoms. The molecule has 0 aliphatic heterocycles. The number of thioether (sulfide) groups is 1. The summed E-state index contributed by atoms with van der Waals surface area (Å²) in [5.74, 6) is 0.370. The van der Waals surface area contributed by atoms with Crippen LogP contribution in [0.1, 0.15) is 0 Å². The first-order valence-corrected chi connectivity index (χ1v) is 7.16. The molecule has 0 saturated heterocycles. The fourth-order valence-corrected chi connectivity index (χ4v) is 2.20. The van der Waals surface area contributed by atoms with Crippen molar-refractivity contribution >= 4 is 46.6 Å². The third kappa shape index (κ3) is 3.86. The van der Waals surface area contributed by atoms with Gasteiger partial charge in [0.1, 0.15) is 0 Å². The van der Waals surface area contributed by atoms with E-state index in [1.54, 1.807) is 18.2 Å². The average Bonchev–Trinajstić information content (AvgIpc) is 2.37. The van der Waals surface area contributed by atoms with Crippen molar-refractivity contribution in [2.24, 2.45) is 0 Å². The van der Waals surface area contributed by atoms with Gasteiger partial charge in [-0.3, -0.25) is 0 Å². The van der Waals surface area contributed by atoms with Crippen LogP contribution in [0.5, 0.6) is 6.01 Å². The van der Waals surface area contributed by atoms with Gasteiger partial charge in [0.05, 0.1) is 7.11 Å². The summed E-state index contributed by atoms with van der Waals surface area (Å²) in [4.78, 5) is 12.4. The Balaban J connectivity index is 2.31. The number of hydrogen-bond donors (Lipinski definition) is 1. The third-order valence-electron chi connectivity index (χ3n) is 2.08. The monoisotopic (exact) mass is 316 g/mol. The van der Waals surface area contributed by atoms with Crippen molar-refractivity contribution in [3.8, 4) is 6.01 Å². The molecule has 0 amide bonds. The van der Waals surface area contributed by atoms with Crippen molar-refractivity contribution in [1.29, 1.82) is 0 Å². The Morgan fingerprint density at radius 2 is 1.79 bits per heavy atom. The number of methoxy groups -OCH3 is 1. The van der Waals surface area contributed by atoms with Crippen molar-refractivity contribution in [3.05, 3.63) is 28.2 Å². The Morgan fingerprint density at radius 1 is 1.11 bits per heavy atom. The Bertz CT molecular complexity index is 554. The van der Waals surface area contributed by atoms with Crippen LogP contribution in [0, 0.1) is 0 Å². The largest absolute Gasteiger partial charge is 0.467 e. The highest BCUT2D eigenvalue weighted by atomic mass is 35.5. The van der Waals surface area contributed by atoms with E-state index in [0.717, 1.165) is 0 Å². The van der Waals surface area contributed by atoms with Crippen LogP contribution < -0.4 is 10.1 Å². The van der Waals surface area contributed by atoms with Gasteiger partial charge in [-0.1, -0.05) is 35.0 Å². The molecule has 0 aliphatic rings. The molecule has 0 fully saturated rings. The summed E-state index contributed by atoms with van der Waals surface area (Å²) in [5.41, 5.74) is 0.692. The van der Waals surface area contributed by atoms with Gasteiger partial charge in [0, 0.05) is 15.7 Å². The number of hydrogen-bond acceptors (Lipinski definition) is 6. The molecule has 2 aromatic rings. The molecule has 0 saturated carbocycles. The van der Waals surface area contributed by atoms with Crippen molar-refractivity contribution < 1.29 is 4.74 Å². The van der Waals surface area contributed by atoms with Gasteiger partial charge >= 0.3 is 6.01 Å². The summed E-state index contributed by atoms with van der Waals surface area (Å²) in [5, 5.41) is 4.63. The number of aromatic nitrogens is 3. The van der Waals surface area contributed by atoms with Crippen LogP contribution in [0.2, 0.25) is 10.0 Å². The zero-order chi connectivity index (χ0) is 13.8. The Hall–Kier alpha value is -1.24. The third-order valence-corrected chi connectivity index (χ3v) is 3.06. The van der Waals surface area contributed by atoms with Crippen LogP contribution in [-0.2, 0) is 0 Å². The van der Waals surface area contributed by atoms with Gasteiger partial charge in [0.25, 0.3) is 0 Å². The second-order valence-electron chi connectivity index (χ2n) is 3.42. The second kappa shape index (κ2) is 6.27. The van der Waals surface area contributed by atoms with Crippen LogP contribution in [-0.4, -0.2) is 28.3 Å².